The molecule has 0 N–H and O–H groups in total. The number of cyclic esters (lactones) is 1. The number of hydrogen-bond donors (Lipinski definition) is 0. The summed E-state index contributed by atoms with van der Waals surface area (Å²) >= 11 is 0. The molecule has 6 heteroatoms. The number of esters is 1. The van der Waals surface area contributed by atoms with Crippen molar-refractivity contribution in [3.05, 3.63) is 95.7 Å². The van der Waals surface area contributed by atoms with Crippen LogP contribution >= 0.6 is 0 Å². The van der Waals surface area contributed by atoms with Gasteiger partial charge in [0.1, 0.15) is 30.5 Å². The maximum absolute atomic E-state index is 12.1. The van der Waals surface area contributed by atoms with Gasteiger partial charge in [-0.3, -0.25) is 0 Å². The summed E-state index contributed by atoms with van der Waals surface area (Å²) in [5.41, 5.74) is 1.85. The first kappa shape index (κ1) is 20.2. The summed E-state index contributed by atoms with van der Waals surface area (Å²) in [7, 11) is 1.62. The number of carbonyl (C=O) groups excluding carboxylic acids is 1. The molecule has 3 aromatic carbocycles. The van der Waals surface area contributed by atoms with Gasteiger partial charge in [0.25, 0.3) is 0 Å². The van der Waals surface area contributed by atoms with Crippen LogP contribution in [0.1, 0.15) is 11.1 Å². The first-order chi connectivity index (χ1) is 15.2. The van der Waals surface area contributed by atoms with Gasteiger partial charge in [-0.2, -0.15) is 0 Å². The molecule has 31 heavy (non-hydrogen) atoms. The van der Waals surface area contributed by atoms with Crippen LogP contribution < -0.4 is 14.2 Å². The third kappa shape index (κ3) is 5.30. The quantitative estimate of drug-likeness (QED) is 0.308. The lowest BCUT2D eigenvalue weighted by atomic mass is 10.2. The highest BCUT2D eigenvalue weighted by Gasteiger charge is 2.23. The molecule has 0 aliphatic carbocycles. The van der Waals surface area contributed by atoms with Crippen molar-refractivity contribution in [3.63, 3.8) is 0 Å². The molecule has 0 unspecified atom stereocenters. The molecule has 1 heterocycles. The van der Waals surface area contributed by atoms with Crippen LogP contribution in [0.3, 0.4) is 0 Å². The minimum absolute atomic E-state index is 0.263. The lowest BCUT2D eigenvalue weighted by molar-refractivity contribution is -0.129. The van der Waals surface area contributed by atoms with Crippen LogP contribution in [-0.4, -0.2) is 32.2 Å². The Morgan fingerprint density at radius 3 is 2.29 bits per heavy atom. The molecule has 3 aromatic rings. The van der Waals surface area contributed by atoms with Gasteiger partial charge in [-0.15, -0.1) is 0 Å². The van der Waals surface area contributed by atoms with E-state index in [-0.39, 0.29) is 5.70 Å². The smallest absolute Gasteiger partial charge is 0.363 e. The first-order valence-electron chi connectivity index (χ1n) is 9.79. The molecule has 0 saturated heterocycles. The van der Waals surface area contributed by atoms with E-state index in [0.29, 0.717) is 24.9 Å². The fourth-order valence-corrected chi connectivity index (χ4v) is 2.94. The summed E-state index contributed by atoms with van der Waals surface area (Å²) in [5.74, 6) is 2.03. The second-order valence-electron chi connectivity index (χ2n) is 6.65. The van der Waals surface area contributed by atoms with Crippen molar-refractivity contribution in [1.82, 2.24) is 0 Å². The number of nitrogens with zero attached hydrogens (tertiary/aromatic N) is 1. The molecular formula is C25H21NO5. The van der Waals surface area contributed by atoms with Crippen molar-refractivity contribution >= 4 is 17.9 Å². The predicted octanol–water partition coefficient (Wildman–Crippen LogP) is 4.50. The number of hydrogen-bond acceptors (Lipinski definition) is 6. The van der Waals surface area contributed by atoms with Crippen LogP contribution in [-0.2, 0) is 9.53 Å². The summed E-state index contributed by atoms with van der Waals surface area (Å²) < 4.78 is 21.8. The average Bonchev–Trinajstić information content (AvgIpc) is 3.18. The number of benzene rings is 3. The topological polar surface area (TPSA) is 66.3 Å². The molecular weight excluding hydrogens is 394 g/mol. The largest absolute Gasteiger partial charge is 0.497 e. The zero-order valence-corrected chi connectivity index (χ0v) is 17.0. The second kappa shape index (κ2) is 9.63. The van der Waals surface area contributed by atoms with E-state index in [1.165, 1.54) is 0 Å². The van der Waals surface area contributed by atoms with Gasteiger partial charge >= 0.3 is 5.97 Å². The predicted molar refractivity (Wildman–Crippen MR) is 117 cm³/mol. The van der Waals surface area contributed by atoms with Crippen molar-refractivity contribution < 1.29 is 23.7 Å². The Balaban J connectivity index is 1.32. The molecule has 0 spiro atoms. The second-order valence-corrected chi connectivity index (χ2v) is 6.65. The van der Waals surface area contributed by atoms with Gasteiger partial charge in [0.2, 0.25) is 5.90 Å². The third-order valence-corrected chi connectivity index (χ3v) is 4.49. The van der Waals surface area contributed by atoms with Gasteiger partial charge in [0.15, 0.2) is 5.70 Å². The number of rotatable bonds is 8. The molecule has 0 atom stereocenters. The zero-order chi connectivity index (χ0) is 21.5. The van der Waals surface area contributed by atoms with Gasteiger partial charge in [0, 0.05) is 11.6 Å². The highest BCUT2D eigenvalue weighted by molar-refractivity contribution is 6.12. The molecule has 4 rings (SSSR count). The molecule has 0 aromatic heterocycles. The van der Waals surface area contributed by atoms with Crippen molar-refractivity contribution in [1.29, 1.82) is 0 Å². The standard InChI is InChI=1S/C25H21NO5/c1-28-21-8-5-9-22(17-21)30-15-14-29-20-12-10-18(11-13-20)16-23-25(27)31-24(26-23)19-6-3-2-4-7-19/h2-13,16-17H,14-15H2,1H3/b23-16+. The fourth-order valence-electron chi connectivity index (χ4n) is 2.94. The van der Waals surface area contributed by atoms with Crippen molar-refractivity contribution in [2.24, 2.45) is 4.99 Å². The Bertz CT molecular complexity index is 1100. The van der Waals surface area contributed by atoms with Gasteiger partial charge in [-0.25, -0.2) is 9.79 Å². The van der Waals surface area contributed by atoms with E-state index in [1.54, 1.807) is 13.2 Å². The zero-order valence-electron chi connectivity index (χ0n) is 17.0. The molecule has 1 aliphatic rings. The Labute approximate surface area is 180 Å². The van der Waals surface area contributed by atoms with Gasteiger partial charge < -0.3 is 18.9 Å². The van der Waals surface area contributed by atoms with E-state index in [1.807, 2.05) is 78.9 Å². The van der Waals surface area contributed by atoms with Crippen LogP contribution in [0.25, 0.3) is 6.08 Å². The van der Waals surface area contributed by atoms with Crippen LogP contribution in [0.5, 0.6) is 17.2 Å². The molecule has 0 radical (unpaired) electrons. The van der Waals surface area contributed by atoms with E-state index < -0.39 is 5.97 Å². The van der Waals surface area contributed by atoms with Crippen LogP contribution in [0.15, 0.2) is 89.6 Å². The molecule has 0 fully saturated rings. The maximum Gasteiger partial charge on any atom is 0.363 e. The third-order valence-electron chi connectivity index (χ3n) is 4.49. The highest BCUT2D eigenvalue weighted by atomic mass is 16.6. The number of carbonyl (C=O) groups is 1. The molecule has 0 bridgehead atoms. The van der Waals surface area contributed by atoms with Crippen molar-refractivity contribution in [2.75, 3.05) is 20.3 Å². The Kier molecular flexibility index (Phi) is 6.28. The normalized spacial score (nSPS) is 14.2. The van der Waals surface area contributed by atoms with E-state index >= 15 is 0 Å². The van der Waals surface area contributed by atoms with E-state index in [4.69, 9.17) is 18.9 Å². The summed E-state index contributed by atoms with van der Waals surface area (Å²) in [5, 5.41) is 0. The Morgan fingerprint density at radius 2 is 1.55 bits per heavy atom. The summed E-state index contributed by atoms with van der Waals surface area (Å²) in [6.45, 7) is 0.802. The number of aliphatic imine (C=N–C) groups is 1. The molecule has 0 saturated carbocycles. The molecule has 1 aliphatic heterocycles. The maximum atomic E-state index is 12.1. The summed E-state index contributed by atoms with van der Waals surface area (Å²) in [6, 6.07) is 24.1. The lowest BCUT2D eigenvalue weighted by Gasteiger charge is -2.09. The van der Waals surface area contributed by atoms with Crippen LogP contribution in [0.2, 0.25) is 0 Å². The first-order valence-corrected chi connectivity index (χ1v) is 9.79. The monoisotopic (exact) mass is 415 g/mol. The van der Waals surface area contributed by atoms with Gasteiger partial charge in [0.05, 0.1) is 7.11 Å². The minimum atomic E-state index is -0.464. The van der Waals surface area contributed by atoms with Crippen molar-refractivity contribution in [2.45, 2.75) is 0 Å². The number of ether oxygens (including phenoxy) is 4. The lowest BCUT2D eigenvalue weighted by Crippen LogP contribution is -2.09. The molecule has 156 valence electrons. The van der Waals surface area contributed by atoms with E-state index in [2.05, 4.69) is 4.99 Å². The summed E-state index contributed by atoms with van der Waals surface area (Å²) in [6.07, 6.45) is 1.69. The van der Waals surface area contributed by atoms with Crippen LogP contribution in [0.4, 0.5) is 0 Å². The van der Waals surface area contributed by atoms with Gasteiger partial charge in [-0.1, -0.05) is 36.4 Å². The SMILES string of the molecule is COc1cccc(OCCOc2ccc(/C=C3/N=C(c4ccccc4)OC3=O)cc2)c1. The Morgan fingerprint density at radius 1 is 0.839 bits per heavy atom. The fraction of sp³-hybridized carbons (Fsp3) is 0.120. The van der Waals surface area contributed by atoms with Gasteiger partial charge in [-0.05, 0) is 48.0 Å². The van der Waals surface area contributed by atoms with E-state index in [9.17, 15) is 4.79 Å². The van der Waals surface area contributed by atoms with Crippen molar-refractivity contribution in [3.8, 4) is 17.2 Å². The average molecular weight is 415 g/mol. The minimum Gasteiger partial charge on any atom is -0.497 e. The highest BCUT2D eigenvalue weighted by Crippen LogP contribution is 2.21. The molecule has 6 nitrogen and oxygen atoms in total. The van der Waals surface area contributed by atoms with Crippen LogP contribution in [0, 0.1) is 0 Å². The number of methoxy groups -OCH3 is 1. The Hall–Kier alpha value is -4.06. The summed E-state index contributed by atoms with van der Waals surface area (Å²) in [4.78, 5) is 16.4. The molecule has 0 amide bonds. The van der Waals surface area contributed by atoms with E-state index in [0.717, 1.165) is 22.6 Å².